The minimum atomic E-state index is -0.499. The van der Waals surface area contributed by atoms with Crippen LogP contribution in [0.2, 0.25) is 0 Å². The van der Waals surface area contributed by atoms with Crippen molar-refractivity contribution in [2.75, 3.05) is 32.6 Å². The van der Waals surface area contributed by atoms with Crippen LogP contribution in [0.15, 0.2) is 42.6 Å². The maximum atomic E-state index is 12.3. The van der Waals surface area contributed by atoms with Crippen LogP contribution in [0.3, 0.4) is 0 Å². The van der Waals surface area contributed by atoms with Crippen molar-refractivity contribution in [3.63, 3.8) is 0 Å². The van der Waals surface area contributed by atoms with Crippen LogP contribution in [0.1, 0.15) is 28.9 Å². The first kappa shape index (κ1) is 21.1. The number of carbonyl (C=O) groups is 4. The van der Waals surface area contributed by atoms with Gasteiger partial charge in [-0.25, -0.2) is 9.59 Å². The van der Waals surface area contributed by atoms with Gasteiger partial charge in [-0.15, -0.1) is 0 Å². The molecule has 0 radical (unpaired) electrons. The summed E-state index contributed by atoms with van der Waals surface area (Å²) in [5.41, 5.74) is 1.80. The maximum Gasteiger partial charge on any atom is 0.354 e. The van der Waals surface area contributed by atoms with Crippen molar-refractivity contribution in [2.45, 2.75) is 19.4 Å². The van der Waals surface area contributed by atoms with Gasteiger partial charge in [0.2, 0.25) is 11.8 Å². The molecule has 9 nitrogen and oxygen atoms in total. The van der Waals surface area contributed by atoms with E-state index >= 15 is 0 Å². The molecule has 1 aromatic heterocycles. The van der Waals surface area contributed by atoms with Crippen LogP contribution in [0, 0.1) is 0 Å². The van der Waals surface area contributed by atoms with Crippen LogP contribution in [0.25, 0.3) is 0 Å². The number of aromatic nitrogens is 1. The second-order valence-electron chi connectivity index (χ2n) is 7.05. The van der Waals surface area contributed by atoms with Crippen LogP contribution in [-0.4, -0.2) is 65.4 Å². The Morgan fingerprint density at radius 2 is 1.90 bits per heavy atom. The molecule has 1 aliphatic rings. The van der Waals surface area contributed by atoms with Crippen molar-refractivity contribution in [1.29, 1.82) is 0 Å². The second-order valence-corrected chi connectivity index (χ2v) is 7.05. The van der Waals surface area contributed by atoms with Crippen LogP contribution in [-0.2, 0) is 20.9 Å². The van der Waals surface area contributed by atoms with Crippen LogP contribution in [0.5, 0.6) is 0 Å². The van der Waals surface area contributed by atoms with Crippen molar-refractivity contribution in [3.8, 4) is 0 Å². The molecule has 1 aromatic carbocycles. The Balaban J connectivity index is 1.60. The zero-order chi connectivity index (χ0) is 21.7. The highest BCUT2D eigenvalue weighted by atomic mass is 16.5. The van der Waals surface area contributed by atoms with E-state index in [4.69, 9.17) is 4.74 Å². The Labute approximate surface area is 174 Å². The fourth-order valence-corrected chi connectivity index (χ4v) is 3.28. The summed E-state index contributed by atoms with van der Waals surface area (Å²) in [5.74, 6) is -1.03. The van der Waals surface area contributed by atoms with Crippen molar-refractivity contribution in [1.82, 2.24) is 14.4 Å². The number of esters is 1. The predicted octanol–water partition coefficient (Wildman–Crippen LogP) is 1.94. The third-order valence-corrected chi connectivity index (χ3v) is 4.79. The van der Waals surface area contributed by atoms with Gasteiger partial charge in [0.15, 0.2) is 0 Å². The van der Waals surface area contributed by atoms with E-state index in [1.165, 1.54) is 12.0 Å². The fraction of sp³-hybridized carbons (Fsp3) is 0.333. The first-order valence-electron chi connectivity index (χ1n) is 9.56. The molecule has 3 rings (SSSR count). The van der Waals surface area contributed by atoms with Crippen molar-refractivity contribution in [2.24, 2.45) is 0 Å². The lowest BCUT2D eigenvalue weighted by Gasteiger charge is -2.13. The van der Waals surface area contributed by atoms with Gasteiger partial charge in [-0.1, -0.05) is 30.3 Å². The lowest BCUT2D eigenvalue weighted by atomic mass is 10.2. The van der Waals surface area contributed by atoms with Gasteiger partial charge in [0.1, 0.15) is 12.2 Å². The van der Waals surface area contributed by atoms with E-state index in [0.29, 0.717) is 24.3 Å². The highest BCUT2D eigenvalue weighted by Crippen LogP contribution is 2.18. The van der Waals surface area contributed by atoms with E-state index < -0.39 is 5.97 Å². The van der Waals surface area contributed by atoms with Crippen LogP contribution >= 0.6 is 0 Å². The van der Waals surface area contributed by atoms with Gasteiger partial charge in [0.25, 0.3) is 0 Å². The molecule has 1 fully saturated rings. The van der Waals surface area contributed by atoms with Crippen molar-refractivity contribution in [3.05, 3.63) is 53.9 Å². The van der Waals surface area contributed by atoms with Crippen molar-refractivity contribution < 1.29 is 23.9 Å². The minimum Gasteiger partial charge on any atom is -0.464 e. The quantitative estimate of drug-likeness (QED) is 0.527. The van der Waals surface area contributed by atoms with Crippen LogP contribution < -0.4 is 5.32 Å². The SMILES string of the molecule is COC(=O)c1cc(NC(=O)CCCN2C(=O)CN(C)C2=O)cn1Cc1ccccc1. The number of hydrogen-bond donors (Lipinski definition) is 1. The van der Waals surface area contributed by atoms with Crippen LogP contribution in [0.4, 0.5) is 10.5 Å². The molecule has 1 saturated heterocycles. The zero-order valence-electron chi connectivity index (χ0n) is 17.0. The van der Waals surface area contributed by atoms with Gasteiger partial charge < -0.3 is 19.5 Å². The summed E-state index contributed by atoms with van der Waals surface area (Å²) >= 11 is 0. The average molecular weight is 412 g/mol. The molecule has 0 unspecified atom stereocenters. The van der Waals surface area contributed by atoms with Crippen molar-refractivity contribution >= 4 is 29.5 Å². The number of nitrogens with one attached hydrogen (secondary N) is 1. The highest BCUT2D eigenvalue weighted by molar-refractivity contribution is 6.01. The number of amides is 4. The van der Waals surface area contributed by atoms with Gasteiger partial charge in [0.05, 0.1) is 12.8 Å². The Morgan fingerprint density at radius 1 is 1.17 bits per heavy atom. The number of methoxy groups -OCH3 is 1. The smallest absolute Gasteiger partial charge is 0.354 e. The standard InChI is InChI=1S/C21H24N4O5/c1-23-14-19(27)25(21(23)29)10-6-9-18(26)22-16-11-17(20(28)30-2)24(13-16)12-15-7-4-3-5-8-15/h3-5,7-8,11,13H,6,9-10,12,14H2,1-2H3,(H,22,26). The molecule has 0 bridgehead atoms. The molecule has 2 heterocycles. The molecule has 1 N–H and O–H groups in total. The number of carbonyl (C=O) groups excluding carboxylic acids is 4. The Kier molecular flexibility index (Phi) is 6.51. The monoisotopic (exact) mass is 412 g/mol. The predicted molar refractivity (Wildman–Crippen MR) is 109 cm³/mol. The van der Waals surface area contributed by atoms with E-state index in [9.17, 15) is 19.2 Å². The molecule has 9 heteroatoms. The van der Waals surface area contributed by atoms with Gasteiger partial charge in [-0.2, -0.15) is 0 Å². The summed E-state index contributed by atoms with van der Waals surface area (Å²) in [6, 6.07) is 10.8. The van der Waals surface area contributed by atoms with Gasteiger partial charge >= 0.3 is 12.0 Å². The van der Waals surface area contributed by atoms with E-state index in [0.717, 1.165) is 10.5 Å². The van der Waals surface area contributed by atoms with E-state index in [1.54, 1.807) is 23.9 Å². The molecule has 0 saturated carbocycles. The van der Waals surface area contributed by atoms with Gasteiger partial charge in [-0.05, 0) is 18.1 Å². The van der Waals surface area contributed by atoms with E-state index in [2.05, 4.69) is 5.32 Å². The Bertz CT molecular complexity index is 954. The Morgan fingerprint density at radius 3 is 2.53 bits per heavy atom. The first-order chi connectivity index (χ1) is 14.4. The van der Waals surface area contributed by atoms with Gasteiger partial charge in [0, 0.05) is 32.8 Å². The number of imide groups is 1. The lowest BCUT2D eigenvalue weighted by molar-refractivity contribution is -0.125. The van der Waals surface area contributed by atoms with E-state index in [-0.39, 0.29) is 37.4 Å². The largest absolute Gasteiger partial charge is 0.464 e. The fourth-order valence-electron chi connectivity index (χ4n) is 3.28. The minimum absolute atomic E-state index is 0.0657. The molecule has 30 heavy (non-hydrogen) atoms. The maximum absolute atomic E-state index is 12.3. The second kappa shape index (κ2) is 9.25. The number of rotatable bonds is 8. The third-order valence-electron chi connectivity index (χ3n) is 4.79. The summed E-state index contributed by atoms with van der Waals surface area (Å²) in [4.78, 5) is 50.5. The Hall–Kier alpha value is -3.62. The zero-order valence-corrected chi connectivity index (χ0v) is 17.0. The summed E-state index contributed by atoms with van der Waals surface area (Å²) in [5, 5.41) is 2.76. The lowest BCUT2D eigenvalue weighted by Crippen LogP contribution is -2.32. The van der Waals surface area contributed by atoms with E-state index in [1.807, 2.05) is 30.3 Å². The highest BCUT2D eigenvalue weighted by Gasteiger charge is 2.32. The molecular weight excluding hydrogens is 388 g/mol. The molecule has 158 valence electrons. The summed E-state index contributed by atoms with van der Waals surface area (Å²) in [6.07, 6.45) is 2.17. The van der Waals surface area contributed by atoms with Gasteiger partial charge in [-0.3, -0.25) is 14.5 Å². The molecule has 0 spiro atoms. The first-order valence-corrected chi connectivity index (χ1v) is 9.56. The number of urea groups is 1. The molecule has 0 aliphatic carbocycles. The third kappa shape index (κ3) is 4.86. The molecule has 0 atom stereocenters. The summed E-state index contributed by atoms with van der Waals surface area (Å²) in [6.45, 7) is 0.710. The average Bonchev–Trinajstić information content (AvgIpc) is 3.22. The summed E-state index contributed by atoms with van der Waals surface area (Å²) in [7, 11) is 2.87. The number of anilines is 1. The number of nitrogens with zero attached hydrogens (tertiary/aromatic N) is 3. The molecule has 4 amide bonds. The number of hydrogen-bond acceptors (Lipinski definition) is 5. The molecule has 1 aliphatic heterocycles. The topological polar surface area (TPSA) is 101 Å². The number of likely N-dealkylation sites (N-methyl/N-ethyl adjacent to an activating group) is 1. The number of benzene rings is 1. The number of ether oxygens (including phenoxy) is 1. The normalized spacial score (nSPS) is 13.7. The summed E-state index contributed by atoms with van der Waals surface area (Å²) < 4.78 is 6.55. The molecule has 2 aromatic rings. The molecular formula is C21H24N4O5.